The van der Waals surface area contributed by atoms with Crippen LogP contribution in [0.1, 0.15) is 18.4 Å². The van der Waals surface area contributed by atoms with Crippen molar-refractivity contribution in [2.45, 2.75) is 18.9 Å². The summed E-state index contributed by atoms with van der Waals surface area (Å²) in [5.41, 5.74) is 6.82. The van der Waals surface area contributed by atoms with Crippen LogP contribution in [0.5, 0.6) is 0 Å². The maximum Gasteiger partial charge on any atom is 0.321 e. The van der Waals surface area contributed by atoms with Crippen molar-refractivity contribution in [2.24, 2.45) is 10.9 Å². The van der Waals surface area contributed by atoms with Gasteiger partial charge in [-0.2, -0.15) is 0 Å². The van der Waals surface area contributed by atoms with E-state index in [0.29, 0.717) is 11.6 Å². The maximum atomic E-state index is 11.8. The first-order valence-corrected chi connectivity index (χ1v) is 5.74. The molecule has 0 unspecified atom stereocenters. The van der Waals surface area contributed by atoms with E-state index in [1.807, 2.05) is 0 Å². The number of nitrogens with one attached hydrogen (secondary N) is 1. The molecule has 0 spiro atoms. The van der Waals surface area contributed by atoms with E-state index < -0.39 is 0 Å². The summed E-state index contributed by atoms with van der Waals surface area (Å²) >= 11 is 0. The topological polar surface area (TPSA) is 91.0 Å². The fourth-order valence-corrected chi connectivity index (χ4v) is 1.53. The molecule has 6 heteroatoms. The summed E-state index contributed by atoms with van der Waals surface area (Å²) in [6, 6.07) is 7.11. The number of anilines is 1. The second-order valence-electron chi connectivity index (χ2n) is 4.31. The molecule has 0 bridgehead atoms. The summed E-state index contributed by atoms with van der Waals surface area (Å²) in [4.78, 5) is 13.3. The molecule has 1 fully saturated rings. The van der Waals surface area contributed by atoms with Crippen molar-refractivity contribution in [3.8, 4) is 0 Å². The van der Waals surface area contributed by atoms with Crippen LogP contribution in [-0.2, 0) is 0 Å². The zero-order chi connectivity index (χ0) is 13.1. The van der Waals surface area contributed by atoms with Crippen molar-refractivity contribution in [3.63, 3.8) is 0 Å². The number of rotatable bonds is 3. The van der Waals surface area contributed by atoms with Crippen LogP contribution in [0.15, 0.2) is 29.4 Å². The highest BCUT2D eigenvalue weighted by Crippen LogP contribution is 2.20. The molecule has 0 heterocycles. The molecule has 1 aliphatic carbocycles. The summed E-state index contributed by atoms with van der Waals surface area (Å²) < 4.78 is 0. The van der Waals surface area contributed by atoms with E-state index in [2.05, 4.69) is 10.5 Å². The molecule has 0 saturated heterocycles. The maximum absolute atomic E-state index is 11.8. The third-order valence-corrected chi connectivity index (χ3v) is 2.87. The zero-order valence-corrected chi connectivity index (χ0v) is 10.1. The molecule has 2 rings (SSSR count). The van der Waals surface area contributed by atoms with E-state index in [9.17, 15) is 4.79 Å². The largest absolute Gasteiger partial charge is 0.409 e. The molecule has 1 saturated carbocycles. The minimum Gasteiger partial charge on any atom is -0.409 e. The number of hydrogen-bond donors (Lipinski definition) is 3. The molecule has 0 radical (unpaired) electrons. The average Bonchev–Trinajstić information content (AvgIpc) is 3.21. The van der Waals surface area contributed by atoms with E-state index in [0.717, 1.165) is 18.5 Å². The second kappa shape index (κ2) is 4.95. The molecule has 1 aliphatic rings. The van der Waals surface area contributed by atoms with Gasteiger partial charge in [0.1, 0.15) is 0 Å². The van der Waals surface area contributed by atoms with Gasteiger partial charge in [-0.15, -0.1) is 0 Å². The highest BCUT2D eigenvalue weighted by molar-refractivity contribution is 5.98. The Labute approximate surface area is 105 Å². The van der Waals surface area contributed by atoms with E-state index in [1.165, 1.54) is 4.90 Å². The van der Waals surface area contributed by atoms with E-state index in [-0.39, 0.29) is 11.9 Å². The average molecular weight is 248 g/mol. The summed E-state index contributed by atoms with van der Waals surface area (Å²) in [7, 11) is 1.70. The summed E-state index contributed by atoms with van der Waals surface area (Å²) in [5, 5.41) is 14.4. The molecular formula is C12H16N4O2. The van der Waals surface area contributed by atoms with Crippen molar-refractivity contribution in [1.82, 2.24) is 5.32 Å². The highest BCUT2D eigenvalue weighted by Gasteiger charge is 2.25. The normalized spacial score (nSPS) is 15.3. The Kier molecular flexibility index (Phi) is 3.36. The minimum absolute atomic E-state index is 0.0478. The van der Waals surface area contributed by atoms with E-state index in [4.69, 9.17) is 10.9 Å². The second-order valence-corrected chi connectivity index (χ2v) is 4.31. The number of urea groups is 1. The van der Waals surface area contributed by atoms with Gasteiger partial charge in [0.2, 0.25) is 0 Å². The van der Waals surface area contributed by atoms with Crippen LogP contribution in [0.3, 0.4) is 0 Å². The quantitative estimate of drug-likeness (QED) is 0.323. The number of carbonyl (C=O) groups is 1. The van der Waals surface area contributed by atoms with Gasteiger partial charge in [-0.25, -0.2) is 4.79 Å². The summed E-state index contributed by atoms with van der Waals surface area (Å²) in [5.74, 6) is 0.0478. The SMILES string of the molecule is CN(C(=O)NC1CC1)c1ccc(C(N)=NO)cc1. The van der Waals surface area contributed by atoms with Gasteiger partial charge in [-0.05, 0) is 37.1 Å². The van der Waals surface area contributed by atoms with Gasteiger partial charge in [0.25, 0.3) is 0 Å². The molecule has 6 nitrogen and oxygen atoms in total. The standard InChI is InChI=1S/C12H16N4O2/c1-16(12(17)14-9-4-5-9)10-6-2-8(3-7-10)11(13)15-18/h2-3,6-7,9,18H,4-5H2,1H3,(H2,13,15)(H,14,17). The lowest BCUT2D eigenvalue weighted by Gasteiger charge is -2.18. The first-order chi connectivity index (χ1) is 8.61. The molecule has 0 aliphatic heterocycles. The van der Waals surface area contributed by atoms with Crippen LogP contribution in [0, 0.1) is 0 Å². The first-order valence-electron chi connectivity index (χ1n) is 5.74. The predicted molar refractivity (Wildman–Crippen MR) is 68.9 cm³/mol. The summed E-state index contributed by atoms with van der Waals surface area (Å²) in [6.07, 6.45) is 2.12. The van der Waals surface area contributed by atoms with Gasteiger partial charge in [-0.3, -0.25) is 4.90 Å². The third kappa shape index (κ3) is 2.71. The molecule has 0 aromatic heterocycles. The lowest BCUT2D eigenvalue weighted by molar-refractivity contribution is 0.247. The van der Waals surface area contributed by atoms with Crippen molar-refractivity contribution in [3.05, 3.63) is 29.8 Å². The van der Waals surface area contributed by atoms with Gasteiger partial charge in [-0.1, -0.05) is 5.16 Å². The zero-order valence-electron chi connectivity index (χ0n) is 10.1. The lowest BCUT2D eigenvalue weighted by atomic mass is 10.2. The Hall–Kier alpha value is -2.24. The molecule has 0 atom stereocenters. The highest BCUT2D eigenvalue weighted by atomic mass is 16.4. The van der Waals surface area contributed by atoms with Crippen LogP contribution < -0.4 is 16.0 Å². The number of carbonyl (C=O) groups excluding carboxylic acids is 1. The fourth-order valence-electron chi connectivity index (χ4n) is 1.53. The van der Waals surface area contributed by atoms with Crippen molar-refractivity contribution >= 4 is 17.6 Å². The number of hydrogen-bond acceptors (Lipinski definition) is 3. The Morgan fingerprint density at radius 3 is 2.56 bits per heavy atom. The number of amides is 2. The van der Waals surface area contributed by atoms with Crippen LogP contribution in [0.25, 0.3) is 0 Å². The van der Waals surface area contributed by atoms with Crippen molar-refractivity contribution < 1.29 is 10.0 Å². The molecule has 18 heavy (non-hydrogen) atoms. The van der Waals surface area contributed by atoms with Crippen LogP contribution in [-0.4, -0.2) is 30.2 Å². The number of nitrogens with zero attached hydrogens (tertiary/aromatic N) is 2. The van der Waals surface area contributed by atoms with Crippen LogP contribution in [0.4, 0.5) is 10.5 Å². The smallest absolute Gasteiger partial charge is 0.321 e. The Balaban J connectivity index is 2.05. The first kappa shape index (κ1) is 12.2. The summed E-state index contributed by atoms with van der Waals surface area (Å²) in [6.45, 7) is 0. The van der Waals surface area contributed by atoms with Gasteiger partial charge < -0.3 is 16.3 Å². The molecule has 2 amide bonds. The van der Waals surface area contributed by atoms with Gasteiger partial charge in [0.15, 0.2) is 5.84 Å². The fraction of sp³-hybridized carbons (Fsp3) is 0.333. The number of benzene rings is 1. The van der Waals surface area contributed by atoms with Gasteiger partial charge in [0.05, 0.1) is 0 Å². The van der Waals surface area contributed by atoms with Crippen molar-refractivity contribution in [1.29, 1.82) is 0 Å². The lowest BCUT2D eigenvalue weighted by Crippen LogP contribution is -2.38. The number of amidine groups is 1. The monoisotopic (exact) mass is 248 g/mol. The van der Waals surface area contributed by atoms with Gasteiger partial charge >= 0.3 is 6.03 Å². The van der Waals surface area contributed by atoms with E-state index >= 15 is 0 Å². The minimum atomic E-state index is -0.117. The van der Waals surface area contributed by atoms with Crippen molar-refractivity contribution in [2.75, 3.05) is 11.9 Å². The molecule has 1 aromatic carbocycles. The molecule has 4 N–H and O–H groups in total. The molecule has 1 aromatic rings. The Bertz CT molecular complexity index is 465. The predicted octanol–water partition coefficient (Wildman–Crippen LogP) is 1.09. The van der Waals surface area contributed by atoms with E-state index in [1.54, 1.807) is 31.3 Å². The molecule has 96 valence electrons. The Morgan fingerprint density at radius 2 is 2.06 bits per heavy atom. The number of oxime groups is 1. The number of nitrogens with two attached hydrogens (primary N) is 1. The van der Waals surface area contributed by atoms with Gasteiger partial charge in [0, 0.05) is 24.3 Å². The van der Waals surface area contributed by atoms with Crippen LogP contribution >= 0.6 is 0 Å². The Morgan fingerprint density at radius 1 is 1.44 bits per heavy atom. The van der Waals surface area contributed by atoms with Crippen LogP contribution in [0.2, 0.25) is 0 Å². The molecular weight excluding hydrogens is 232 g/mol. The third-order valence-electron chi connectivity index (χ3n) is 2.87.